The van der Waals surface area contributed by atoms with Crippen molar-refractivity contribution in [1.82, 2.24) is 9.88 Å². The lowest BCUT2D eigenvalue weighted by atomic mass is 9.89. The Morgan fingerprint density at radius 2 is 1.97 bits per heavy atom. The van der Waals surface area contributed by atoms with E-state index in [0.717, 1.165) is 64.4 Å². The molecule has 2 aliphatic rings. The van der Waals surface area contributed by atoms with Crippen LogP contribution in [0.2, 0.25) is 0 Å². The fraction of sp³-hybridized carbons (Fsp3) is 0.538. The molecule has 0 saturated carbocycles. The van der Waals surface area contributed by atoms with Crippen molar-refractivity contribution in [3.63, 3.8) is 0 Å². The minimum atomic E-state index is -0.821. The molecule has 2 aliphatic heterocycles. The van der Waals surface area contributed by atoms with E-state index in [2.05, 4.69) is 52.0 Å². The number of aromatic nitrogens is 1. The Hall–Kier alpha value is -2.48. The number of hydrogen-bond acceptors (Lipinski definition) is 6. The van der Waals surface area contributed by atoms with Gasteiger partial charge >= 0.3 is 5.97 Å². The van der Waals surface area contributed by atoms with E-state index >= 15 is 0 Å². The largest absolute Gasteiger partial charge is 0.481 e. The predicted molar refractivity (Wildman–Crippen MR) is 128 cm³/mol. The number of carboxylic acid groups (broad SMARTS) is 1. The van der Waals surface area contributed by atoms with E-state index in [1.165, 1.54) is 16.7 Å². The minimum Gasteiger partial charge on any atom is -0.481 e. The normalized spacial score (nSPS) is 18.5. The van der Waals surface area contributed by atoms with E-state index in [4.69, 9.17) is 14.6 Å². The van der Waals surface area contributed by atoms with Crippen LogP contribution >= 0.6 is 0 Å². The molecule has 0 atom stereocenters. The molecule has 1 N–H and O–H groups in total. The van der Waals surface area contributed by atoms with Gasteiger partial charge in [-0.1, -0.05) is 24.3 Å². The summed E-state index contributed by atoms with van der Waals surface area (Å²) < 4.78 is 11.8. The van der Waals surface area contributed by atoms with Gasteiger partial charge in [0.15, 0.2) is 0 Å². The third-order valence-electron chi connectivity index (χ3n) is 6.63. The number of likely N-dealkylation sites (tertiary alicyclic amines) is 1. The average Bonchev–Trinajstić information content (AvgIpc) is 2.81. The molecule has 1 aromatic heterocycles. The predicted octanol–water partition coefficient (Wildman–Crippen LogP) is 3.30. The lowest BCUT2D eigenvalue weighted by Crippen LogP contribution is -2.57. The van der Waals surface area contributed by atoms with Crippen LogP contribution in [0, 0.1) is 6.92 Å². The highest BCUT2D eigenvalue weighted by Crippen LogP contribution is 2.32. The van der Waals surface area contributed by atoms with Crippen molar-refractivity contribution in [3.05, 3.63) is 59.3 Å². The van der Waals surface area contributed by atoms with E-state index < -0.39 is 5.97 Å². The van der Waals surface area contributed by atoms with E-state index in [-0.39, 0.29) is 18.6 Å². The topological polar surface area (TPSA) is 75.1 Å². The molecule has 178 valence electrons. The van der Waals surface area contributed by atoms with Gasteiger partial charge in [-0.15, -0.1) is 0 Å². The Morgan fingerprint density at radius 3 is 2.76 bits per heavy atom. The van der Waals surface area contributed by atoms with Crippen LogP contribution in [0.15, 0.2) is 42.6 Å². The number of benzene rings is 1. The Balaban J connectivity index is 1.26. The minimum absolute atomic E-state index is 0.0550. The number of morpholine rings is 1. The Bertz CT molecular complexity index is 927. The number of hydrogen-bond donors (Lipinski definition) is 1. The molecule has 1 spiro atoms. The van der Waals surface area contributed by atoms with Crippen LogP contribution in [0.5, 0.6) is 0 Å². The SMILES string of the molecule is Cc1ccnc(N2CCOC3(CCN(Cc4cccc(CCOCCC(=O)O)c4)CC3)C2)c1. The molecule has 0 radical (unpaired) electrons. The van der Waals surface area contributed by atoms with Crippen molar-refractivity contribution in [2.45, 2.75) is 44.8 Å². The second-order valence-electron chi connectivity index (χ2n) is 9.25. The molecule has 2 saturated heterocycles. The number of pyridine rings is 1. The molecule has 2 aromatic rings. The first kappa shape index (κ1) is 23.7. The molecule has 4 rings (SSSR count). The summed E-state index contributed by atoms with van der Waals surface area (Å²) in [5.41, 5.74) is 3.71. The van der Waals surface area contributed by atoms with Gasteiger partial charge in [-0.3, -0.25) is 9.69 Å². The highest BCUT2D eigenvalue weighted by molar-refractivity contribution is 5.66. The standard InChI is InChI=1S/C26H35N3O4/c1-21-5-10-27-24(17-21)29-13-16-33-26(20-29)8-11-28(12-9-26)19-23-4-2-3-22(18-23)6-14-32-15-7-25(30)31/h2-5,10,17-18H,6-9,11-16,19-20H2,1H3,(H,30,31). The number of rotatable bonds is 9. The number of ether oxygens (including phenoxy) is 2. The van der Waals surface area contributed by atoms with Crippen molar-refractivity contribution in [3.8, 4) is 0 Å². The molecule has 7 heteroatoms. The van der Waals surface area contributed by atoms with Crippen LogP contribution in [0.1, 0.15) is 36.0 Å². The van der Waals surface area contributed by atoms with E-state index in [9.17, 15) is 4.79 Å². The third-order valence-corrected chi connectivity index (χ3v) is 6.63. The zero-order chi connectivity index (χ0) is 23.1. The highest BCUT2D eigenvalue weighted by atomic mass is 16.5. The molecule has 0 aliphatic carbocycles. The maximum Gasteiger partial charge on any atom is 0.305 e. The van der Waals surface area contributed by atoms with Gasteiger partial charge in [0.05, 0.1) is 31.8 Å². The Labute approximate surface area is 196 Å². The molecule has 0 amide bonds. The van der Waals surface area contributed by atoms with Gasteiger partial charge in [0.25, 0.3) is 0 Å². The summed E-state index contributed by atoms with van der Waals surface area (Å²) in [7, 11) is 0. The first-order valence-corrected chi connectivity index (χ1v) is 11.9. The lowest BCUT2D eigenvalue weighted by molar-refractivity contribution is -0.138. The van der Waals surface area contributed by atoms with Crippen LogP contribution < -0.4 is 4.90 Å². The molecular weight excluding hydrogens is 418 g/mol. The number of aliphatic carboxylic acids is 1. The number of nitrogens with zero attached hydrogens (tertiary/aromatic N) is 3. The van der Waals surface area contributed by atoms with Gasteiger partial charge in [0.2, 0.25) is 0 Å². The highest BCUT2D eigenvalue weighted by Gasteiger charge is 2.40. The van der Waals surface area contributed by atoms with Crippen molar-refractivity contribution >= 4 is 11.8 Å². The summed E-state index contributed by atoms with van der Waals surface area (Å²) in [5, 5.41) is 8.68. The van der Waals surface area contributed by atoms with E-state index in [1.807, 2.05) is 12.3 Å². The van der Waals surface area contributed by atoms with Crippen molar-refractivity contribution in [2.24, 2.45) is 0 Å². The van der Waals surface area contributed by atoms with Gasteiger partial charge < -0.3 is 19.5 Å². The number of carboxylic acids is 1. The first-order chi connectivity index (χ1) is 16.0. The monoisotopic (exact) mass is 453 g/mol. The molecule has 3 heterocycles. The fourth-order valence-corrected chi connectivity index (χ4v) is 4.75. The second kappa shape index (κ2) is 11.1. The molecular formula is C26H35N3O4. The molecule has 0 bridgehead atoms. The quantitative estimate of drug-likeness (QED) is 0.584. The van der Waals surface area contributed by atoms with Crippen LogP contribution in [-0.4, -0.2) is 72.6 Å². The summed E-state index contributed by atoms with van der Waals surface area (Å²) in [6, 6.07) is 12.8. The second-order valence-corrected chi connectivity index (χ2v) is 9.25. The van der Waals surface area contributed by atoms with E-state index in [0.29, 0.717) is 6.61 Å². The molecule has 1 aromatic carbocycles. The number of anilines is 1. The van der Waals surface area contributed by atoms with E-state index in [1.54, 1.807) is 0 Å². The summed E-state index contributed by atoms with van der Waals surface area (Å²) >= 11 is 0. The third kappa shape index (κ3) is 6.76. The Morgan fingerprint density at radius 1 is 1.15 bits per heavy atom. The zero-order valence-corrected chi connectivity index (χ0v) is 19.5. The number of piperidine rings is 1. The number of carbonyl (C=O) groups is 1. The van der Waals surface area contributed by atoms with Crippen LogP contribution in [0.3, 0.4) is 0 Å². The zero-order valence-electron chi connectivity index (χ0n) is 19.5. The smallest absolute Gasteiger partial charge is 0.305 e. The maximum absolute atomic E-state index is 10.6. The van der Waals surface area contributed by atoms with Gasteiger partial charge in [-0.25, -0.2) is 4.98 Å². The molecule has 7 nitrogen and oxygen atoms in total. The van der Waals surface area contributed by atoms with Gasteiger partial charge in [-0.05, 0) is 55.0 Å². The summed E-state index contributed by atoms with van der Waals surface area (Å²) in [6.07, 6.45) is 4.82. The lowest BCUT2D eigenvalue weighted by Gasteiger charge is -2.47. The van der Waals surface area contributed by atoms with Gasteiger partial charge in [0, 0.05) is 38.9 Å². The molecule has 33 heavy (non-hydrogen) atoms. The first-order valence-electron chi connectivity index (χ1n) is 11.9. The fourth-order valence-electron chi connectivity index (χ4n) is 4.75. The van der Waals surface area contributed by atoms with Gasteiger partial charge in [0.1, 0.15) is 5.82 Å². The van der Waals surface area contributed by atoms with Crippen LogP contribution in [0.25, 0.3) is 0 Å². The summed E-state index contributed by atoms with van der Waals surface area (Å²) in [4.78, 5) is 20.0. The Kier molecular flexibility index (Phi) is 7.96. The number of aryl methyl sites for hydroxylation is 1. The van der Waals surface area contributed by atoms with Gasteiger partial charge in [-0.2, -0.15) is 0 Å². The van der Waals surface area contributed by atoms with Crippen molar-refractivity contribution < 1.29 is 19.4 Å². The average molecular weight is 454 g/mol. The summed E-state index contributed by atoms with van der Waals surface area (Å²) in [6.45, 7) is 8.48. The maximum atomic E-state index is 10.6. The van der Waals surface area contributed by atoms with Crippen molar-refractivity contribution in [2.75, 3.05) is 50.9 Å². The molecule has 0 unspecified atom stereocenters. The van der Waals surface area contributed by atoms with Crippen LogP contribution in [0.4, 0.5) is 5.82 Å². The van der Waals surface area contributed by atoms with Crippen LogP contribution in [-0.2, 0) is 27.2 Å². The molecule has 2 fully saturated rings. The van der Waals surface area contributed by atoms with Crippen molar-refractivity contribution in [1.29, 1.82) is 0 Å². The summed E-state index contributed by atoms with van der Waals surface area (Å²) in [5.74, 6) is 0.238.